The van der Waals surface area contributed by atoms with Crippen molar-refractivity contribution in [2.24, 2.45) is 5.73 Å². The van der Waals surface area contributed by atoms with Gasteiger partial charge in [-0.2, -0.15) is 0 Å². The lowest BCUT2D eigenvalue weighted by Crippen LogP contribution is -2.18. The van der Waals surface area contributed by atoms with Gasteiger partial charge in [0.25, 0.3) is 5.91 Å². The third kappa shape index (κ3) is 3.40. The summed E-state index contributed by atoms with van der Waals surface area (Å²) in [5, 5.41) is 6.31. The number of nitrogens with two attached hydrogens (primary N) is 1. The molecule has 0 unspecified atom stereocenters. The number of rotatable bonds is 5. The molecular formula is C11H16ClN3O. The number of hydrogen-bond donors (Lipinski definition) is 3. The lowest BCUT2D eigenvalue weighted by Gasteiger charge is -2.09. The molecule has 0 fully saturated rings. The van der Waals surface area contributed by atoms with Gasteiger partial charge in [-0.15, -0.1) is 0 Å². The molecule has 0 aliphatic carbocycles. The van der Waals surface area contributed by atoms with E-state index in [0.29, 0.717) is 17.1 Å². The lowest BCUT2D eigenvalue weighted by molar-refractivity contribution is 0.0963. The second-order valence-electron chi connectivity index (χ2n) is 3.34. The summed E-state index contributed by atoms with van der Waals surface area (Å²) in [5.74, 6) is -0.126. The fraction of sp³-hybridized carbons (Fsp3) is 0.364. The third-order valence-corrected chi connectivity index (χ3v) is 2.48. The maximum atomic E-state index is 11.4. The summed E-state index contributed by atoms with van der Waals surface area (Å²) in [5.41, 5.74) is 6.74. The van der Waals surface area contributed by atoms with Gasteiger partial charge in [0.15, 0.2) is 0 Å². The maximum Gasteiger partial charge on any atom is 0.251 e. The number of benzene rings is 1. The number of anilines is 1. The van der Waals surface area contributed by atoms with Crippen molar-refractivity contribution in [2.75, 3.05) is 25.5 Å². The summed E-state index contributed by atoms with van der Waals surface area (Å²) >= 11 is 6.00. The highest BCUT2D eigenvalue weighted by Crippen LogP contribution is 2.22. The van der Waals surface area contributed by atoms with Crippen LogP contribution in [0.1, 0.15) is 16.8 Å². The van der Waals surface area contributed by atoms with Gasteiger partial charge in [-0.3, -0.25) is 4.79 Å². The van der Waals surface area contributed by atoms with Crippen LogP contribution in [0.5, 0.6) is 0 Å². The molecule has 4 N–H and O–H groups in total. The van der Waals surface area contributed by atoms with Gasteiger partial charge in [0.2, 0.25) is 0 Å². The summed E-state index contributed by atoms with van der Waals surface area (Å²) in [4.78, 5) is 11.4. The van der Waals surface area contributed by atoms with Gasteiger partial charge in [0.05, 0.1) is 10.7 Å². The van der Waals surface area contributed by atoms with Crippen molar-refractivity contribution in [3.05, 3.63) is 28.8 Å². The topological polar surface area (TPSA) is 67.2 Å². The molecule has 0 heterocycles. The van der Waals surface area contributed by atoms with E-state index in [-0.39, 0.29) is 5.91 Å². The molecule has 0 spiro atoms. The Labute approximate surface area is 100 Å². The van der Waals surface area contributed by atoms with Crippen molar-refractivity contribution < 1.29 is 4.79 Å². The predicted octanol–water partition coefficient (Wildman–Crippen LogP) is 1.46. The van der Waals surface area contributed by atoms with E-state index in [9.17, 15) is 4.79 Å². The van der Waals surface area contributed by atoms with Crippen LogP contribution in [-0.2, 0) is 0 Å². The van der Waals surface area contributed by atoms with Gasteiger partial charge >= 0.3 is 0 Å². The summed E-state index contributed by atoms with van der Waals surface area (Å²) in [6.07, 6.45) is 0.862. The molecule has 0 saturated heterocycles. The van der Waals surface area contributed by atoms with Gasteiger partial charge < -0.3 is 16.4 Å². The van der Waals surface area contributed by atoms with Crippen LogP contribution in [-0.4, -0.2) is 26.0 Å². The van der Waals surface area contributed by atoms with Gasteiger partial charge in [-0.25, -0.2) is 0 Å². The molecule has 0 aliphatic heterocycles. The molecule has 1 rings (SSSR count). The number of carbonyl (C=O) groups is 1. The van der Waals surface area contributed by atoms with Crippen LogP contribution in [0, 0.1) is 0 Å². The Morgan fingerprint density at radius 3 is 2.88 bits per heavy atom. The number of hydrogen-bond acceptors (Lipinski definition) is 3. The average Bonchev–Trinajstić information content (AvgIpc) is 2.31. The van der Waals surface area contributed by atoms with E-state index in [2.05, 4.69) is 10.6 Å². The molecule has 0 atom stereocenters. The van der Waals surface area contributed by atoms with E-state index in [1.54, 1.807) is 25.2 Å². The molecule has 0 bridgehead atoms. The minimum absolute atomic E-state index is 0.126. The fourth-order valence-corrected chi connectivity index (χ4v) is 1.46. The number of halogens is 1. The molecular weight excluding hydrogens is 226 g/mol. The first-order chi connectivity index (χ1) is 7.69. The normalized spacial score (nSPS) is 9.94. The smallest absolute Gasteiger partial charge is 0.251 e. The molecule has 4 nitrogen and oxygen atoms in total. The predicted molar refractivity (Wildman–Crippen MR) is 67.0 cm³/mol. The molecule has 5 heteroatoms. The van der Waals surface area contributed by atoms with Crippen LogP contribution in [0.15, 0.2) is 18.2 Å². The van der Waals surface area contributed by atoms with Crippen molar-refractivity contribution in [3.63, 3.8) is 0 Å². The third-order valence-electron chi connectivity index (χ3n) is 2.15. The van der Waals surface area contributed by atoms with E-state index >= 15 is 0 Å². The van der Waals surface area contributed by atoms with E-state index in [1.807, 2.05) is 0 Å². The van der Waals surface area contributed by atoms with Crippen LogP contribution in [0.25, 0.3) is 0 Å². The second kappa shape index (κ2) is 6.35. The highest BCUT2D eigenvalue weighted by Gasteiger charge is 2.06. The zero-order valence-electron chi connectivity index (χ0n) is 9.22. The van der Waals surface area contributed by atoms with Crippen LogP contribution in [0.3, 0.4) is 0 Å². The van der Waals surface area contributed by atoms with Gasteiger partial charge in [-0.1, -0.05) is 11.6 Å². The zero-order chi connectivity index (χ0) is 12.0. The molecule has 0 radical (unpaired) electrons. The Bertz CT molecular complexity index is 368. The molecule has 1 amide bonds. The van der Waals surface area contributed by atoms with Crippen LogP contribution >= 0.6 is 11.6 Å². The van der Waals surface area contributed by atoms with Gasteiger partial charge in [0, 0.05) is 19.2 Å². The first kappa shape index (κ1) is 12.8. The summed E-state index contributed by atoms with van der Waals surface area (Å²) in [6.45, 7) is 1.37. The average molecular weight is 242 g/mol. The van der Waals surface area contributed by atoms with Crippen molar-refractivity contribution in [1.82, 2.24) is 5.32 Å². The Balaban J connectivity index is 2.78. The summed E-state index contributed by atoms with van der Waals surface area (Å²) < 4.78 is 0. The second-order valence-corrected chi connectivity index (χ2v) is 3.75. The molecule has 1 aromatic carbocycles. The Morgan fingerprint density at radius 2 is 2.25 bits per heavy atom. The van der Waals surface area contributed by atoms with Crippen molar-refractivity contribution in [2.45, 2.75) is 6.42 Å². The number of nitrogens with one attached hydrogen (secondary N) is 2. The van der Waals surface area contributed by atoms with Crippen LogP contribution < -0.4 is 16.4 Å². The monoisotopic (exact) mass is 241 g/mol. The first-order valence-corrected chi connectivity index (χ1v) is 5.52. The van der Waals surface area contributed by atoms with E-state index in [1.165, 1.54) is 0 Å². The molecule has 1 aromatic rings. The number of amides is 1. The largest absolute Gasteiger partial charge is 0.384 e. The standard InChI is InChI=1S/C11H16ClN3O/c1-14-11(16)8-3-4-9(12)10(7-8)15-6-2-5-13/h3-4,7,15H,2,5-6,13H2,1H3,(H,14,16). The quantitative estimate of drug-likeness (QED) is 0.684. The SMILES string of the molecule is CNC(=O)c1ccc(Cl)c(NCCCN)c1. The molecule has 88 valence electrons. The van der Waals surface area contributed by atoms with E-state index in [0.717, 1.165) is 18.7 Å². The Hall–Kier alpha value is -1.26. The first-order valence-electron chi connectivity index (χ1n) is 5.14. The number of carbonyl (C=O) groups excluding carboxylic acids is 1. The highest BCUT2D eigenvalue weighted by atomic mass is 35.5. The van der Waals surface area contributed by atoms with Gasteiger partial charge in [-0.05, 0) is 31.2 Å². The fourth-order valence-electron chi connectivity index (χ4n) is 1.27. The Kier molecular flexibility index (Phi) is 5.08. The Morgan fingerprint density at radius 1 is 1.50 bits per heavy atom. The maximum absolute atomic E-state index is 11.4. The summed E-state index contributed by atoms with van der Waals surface area (Å²) in [6, 6.07) is 5.13. The van der Waals surface area contributed by atoms with Crippen molar-refractivity contribution in [1.29, 1.82) is 0 Å². The van der Waals surface area contributed by atoms with Crippen molar-refractivity contribution in [3.8, 4) is 0 Å². The van der Waals surface area contributed by atoms with E-state index < -0.39 is 0 Å². The lowest BCUT2D eigenvalue weighted by atomic mass is 10.2. The molecule has 16 heavy (non-hydrogen) atoms. The zero-order valence-corrected chi connectivity index (χ0v) is 9.97. The summed E-state index contributed by atoms with van der Waals surface area (Å²) in [7, 11) is 1.60. The molecule has 0 aromatic heterocycles. The molecule has 0 saturated carbocycles. The van der Waals surface area contributed by atoms with Gasteiger partial charge in [0.1, 0.15) is 0 Å². The van der Waals surface area contributed by atoms with Crippen LogP contribution in [0.2, 0.25) is 5.02 Å². The van der Waals surface area contributed by atoms with Crippen molar-refractivity contribution >= 4 is 23.2 Å². The van der Waals surface area contributed by atoms with E-state index in [4.69, 9.17) is 17.3 Å². The minimum atomic E-state index is -0.126. The van der Waals surface area contributed by atoms with Crippen LogP contribution in [0.4, 0.5) is 5.69 Å². The highest BCUT2D eigenvalue weighted by molar-refractivity contribution is 6.33. The minimum Gasteiger partial charge on any atom is -0.384 e. The molecule has 0 aliphatic rings.